The number of thiocarbonyl (C=S) groups is 2. The zero-order valence-corrected chi connectivity index (χ0v) is 18.9. The first kappa shape index (κ1) is 28.2. The van der Waals surface area contributed by atoms with Crippen molar-refractivity contribution in [2.45, 2.75) is 78.1 Å². The van der Waals surface area contributed by atoms with Gasteiger partial charge in [0.25, 0.3) is 10.3 Å². The predicted molar refractivity (Wildman–Crippen MR) is 104 cm³/mol. The molecule has 0 saturated heterocycles. The van der Waals surface area contributed by atoms with E-state index >= 15 is 0 Å². The second kappa shape index (κ2) is 24.6. The van der Waals surface area contributed by atoms with E-state index in [2.05, 4.69) is 38.3 Å². The van der Waals surface area contributed by atoms with Crippen LogP contribution in [-0.2, 0) is 9.47 Å². The third-order valence-electron chi connectivity index (χ3n) is 2.98. The van der Waals surface area contributed by atoms with Gasteiger partial charge in [-0.15, -0.1) is 0 Å². The number of ether oxygens (including phenoxy) is 2. The summed E-state index contributed by atoms with van der Waals surface area (Å²) in [7, 11) is 0. The van der Waals surface area contributed by atoms with Crippen LogP contribution in [0.4, 0.5) is 0 Å². The first-order chi connectivity index (χ1) is 10.5. The van der Waals surface area contributed by atoms with Gasteiger partial charge in [0.05, 0.1) is 13.2 Å². The summed E-state index contributed by atoms with van der Waals surface area (Å²) in [4.78, 5) is 0. The zero-order valence-electron chi connectivity index (χ0n) is 16.3. The van der Waals surface area contributed by atoms with Gasteiger partial charge in [-0.1, -0.05) is 65.2 Å². The Morgan fingerprint density at radius 1 is 0.696 bits per heavy atom. The second-order valence-electron chi connectivity index (χ2n) is 5.16. The Hall–Kier alpha value is 0.380. The van der Waals surface area contributed by atoms with Crippen molar-refractivity contribution in [3.8, 4) is 0 Å². The summed E-state index contributed by atoms with van der Waals surface area (Å²) in [5.41, 5.74) is 10.3. The average Bonchev–Trinajstić information content (AvgIpc) is 2.46. The molecule has 0 aliphatic rings. The molecule has 0 bridgehead atoms. The molecule has 134 valence electrons. The maximum absolute atomic E-state index is 5.14. The molecule has 7 heteroatoms. The van der Waals surface area contributed by atoms with Crippen LogP contribution < -0.4 is 41.0 Å². The minimum Gasteiger partial charge on any atom is -1.00 e. The minimum atomic E-state index is 0. The van der Waals surface area contributed by atoms with Crippen molar-refractivity contribution < 1.29 is 40.5 Å². The number of hydrogen-bond donors (Lipinski definition) is 2. The van der Waals surface area contributed by atoms with Crippen molar-refractivity contribution in [3.05, 3.63) is 0 Å². The molecule has 0 aliphatic carbocycles. The summed E-state index contributed by atoms with van der Waals surface area (Å²) in [6.07, 6.45) is 12.3. The molecule has 0 unspecified atom stereocenters. The van der Waals surface area contributed by atoms with Crippen molar-refractivity contribution >= 4 is 34.8 Å². The van der Waals surface area contributed by atoms with Crippen molar-refractivity contribution in [3.63, 3.8) is 0 Å². The van der Waals surface area contributed by atoms with Gasteiger partial charge in [-0.3, -0.25) is 0 Å². The molecular weight excluding hydrogens is 339 g/mol. The first-order valence-electron chi connectivity index (χ1n) is 8.39. The Morgan fingerprint density at radius 3 is 1.26 bits per heavy atom. The van der Waals surface area contributed by atoms with E-state index in [-0.39, 0.29) is 41.3 Å². The van der Waals surface area contributed by atoms with Crippen molar-refractivity contribution in [1.82, 2.24) is 0 Å². The number of unbranched alkanes of at least 4 members (excludes halogenated alkanes) is 8. The van der Waals surface area contributed by atoms with Crippen LogP contribution in [0.25, 0.3) is 0 Å². The smallest absolute Gasteiger partial charge is 1.00 e. The molecule has 0 aliphatic heterocycles. The van der Waals surface area contributed by atoms with E-state index in [9.17, 15) is 0 Å². The second-order valence-corrected chi connectivity index (χ2v) is 5.97. The Balaban J connectivity index is -0.000000154. The molecule has 0 spiro atoms. The third-order valence-corrected chi connectivity index (χ3v) is 3.22. The fourth-order valence-corrected chi connectivity index (χ4v) is 1.92. The van der Waals surface area contributed by atoms with Crippen LogP contribution >= 0.6 is 24.4 Å². The third kappa shape index (κ3) is 34.6. The molecule has 0 aromatic carbocycles. The van der Waals surface area contributed by atoms with Gasteiger partial charge in [0.1, 0.15) is 0 Å². The summed E-state index contributed by atoms with van der Waals surface area (Å²) >= 11 is 9.10. The van der Waals surface area contributed by atoms with Crippen molar-refractivity contribution in [1.29, 1.82) is 0 Å². The molecule has 4 nitrogen and oxygen atoms in total. The van der Waals surface area contributed by atoms with E-state index < -0.39 is 0 Å². The van der Waals surface area contributed by atoms with Gasteiger partial charge in [-0.2, -0.15) is 0 Å². The van der Waals surface area contributed by atoms with Gasteiger partial charge in [0.2, 0.25) is 0 Å². The molecule has 0 aromatic rings. The van der Waals surface area contributed by atoms with E-state index in [0.717, 1.165) is 12.8 Å². The van der Waals surface area contributed by atoms with E-state index in [0.29, 0.717) is 13.2 Å². The van der Waals surface area contributed by atoms with Crippen LogP contribution in [-0.4, -0.2) is 23.6 Å². The van der Waals surface area contributed by atoms with E-state index in [1.165, 1.54) is 51.4 Å². The molecule has 0 atom stereocenters. The summed E-state index contributed by atoms with van der Waals surface area (Å²) < 4.78 is 9.86. The predicted octanol–water partition coefficient (Wildman–Crippen LogP) is 1.55. The molecule has 0 radical (unpaired) electrons. The van der Waals surface area contributed by atoms with Gasteiger partial charge in [0, 0.05) is 0 Å². The fourth-order valence-electron chi connectivity index (χ4n) is 1.76. The molecule has 4 N–H and O–H groups in total. The summed E-state index contributed by atoms with van der Waals surface area (Å²) in [5.74, 6) is 0. The van der Waals surface area contributed by atoms with Crippen LogP contribution in [0.5, 0.6) is 0 Å². The van der Waals surface area contributed by atoms with Crippen LogP contribution in [0.15, 0.2) is 0 Å². The normalized spacial score (nSPS) is 9.13. The van der Waals surface area contributed by atoms with Gasteiger partial charge in [-0.05, 0) is 37.3 Å². The number of rotatable bonds is 12. The number of nitrogens with two attached hydrogens (primary N) is 2. The quantitative estimate of drug-likeness (QED) is 0.307. The van der Waals surface area contributed by atoms with Crippen molar-refractivity contribution in [2.24, 2.45) is 11.5 Å². The van der Waals surface area contributed by atoms with Gasteiger partial charge < -0.3 is 22.4 Å². The summed E-state index contributed by atoms with van der Waals surface area (Å²) in [6, 6.07) is 0. The SMILES string of the molecule is CCCCCCCOC(N)=S.CCCCCCCOC(N)=S.[H-].[Na+]. The number of hydrogen-bond acceptors (Lipinski definition) is 4. The van der Waals surface area contributed by atoms with Crippen LogP contribution in [0.2, 0.25) is 0 Å². The summed E-state index contributed by atoms with van der Waals surface area (Å²) in [5, 5.41) is 0.334. The largest absolute Gasteiger partial charge is 1.00 e. The monoisotopic (exact) mass is 374 g/mol. The molecule has 0 aromatic heterocycles. The topological polar surface area (TPSA) is 70.5 Å². The van der Waals surface area contributed by atoms with E-state index in [4.69, 9.17) is 20.9 Å². The van der Waals surface area contributed by atoms with Crippen LogP contribution in [0, 0.1) is 0 Å². The maximum atomic E-state index is 5.14. The van der Waals surface area contributed by atoms with E-state index in [1.807, 2.05) is 0 Å². The minimum absolute atomic E-state index is 0. The molecular formula is C16H35N2NaO2S2. The standard InChI is InChI=1S/2C8H17NOS.Na.H/c2*1-2-3-4-5-6-7-10-8(9)11;;/h2*2-7H2,1H3,(H2,9,11);;/q;;+1;-1. The molecule has 23 heavy (non-hydrogen) atoms. The first-order valence-corrected chi connectivity index (χ1v) is 9.20. The molecule has 0 saturated carbocycles. The Morgan fingerprint density at radius 2 is 1.00 bits per heavy atom. The summed E-state index contributed by atoms with van der Waals surface area (Å²) in [6.45, 7) is 5.76. The van der Waals surface area contributed by atoms with Gasteiger partial charge >= 0.3 is 29.6 Å². The zero-order chi connectivity index (χ0) is 17.1. The Labute approximate surface area is 177 Å². The van der Waals surface area contributed by atoms with Crippen molar-refractivity contribution in [2.75, 3.05) is 13.2 Å². The van der Waals surface area contributed by atoms with Crippen LogP contribution in [0.1, 0.15) is 79.5 Å². The Kier molecular flexibility index (Phi) is 30.2. The molecule has 0 fully saturated rings. The van der Waals surface area contributed by atoms with Gasteiger partial charge in [-0.25, -0.2) is 0 Å². The maximum Gasteiger partial charge on any atom is 1.00 e. The van der Waals surface area contributed by atoms with Gasteiger partial charge in [0.15, 0.2) is 0 Å². The fraction of sp³-hybridized carbons (Fsp3) is 0.875. The van der Waals surface area contributed by atoms with Crippen LogP contribution in [0.3, 0.4) is 0 Å². The molecule has 0 heterocycles. The molecule has 0 amide bonds. The van der Waals surface area contributed by atoms with E-state index in [1.54, 1.807) is 0 Å². The Bertz CT molecular complexity index is 250. The average molecular weight is 375 g/mol. The molecule has 0 rings (SSSR count).